The third-order valence-electron chi connectivity index (χ3n) is 2.96. The van der Waals surface area contributed by atoms with E-state index in [0.717, 1.165) is 27.6 Å². The molecule has 0 saturated carbocycles. The molecule has 3 nitrogen and oxygen atoms in total. The first-order valence-corrected chi connectivity index (χ1v) is 8.39. The molecule has 0 unspecified atom stereocenters. The monoisotopic (exact) mass is 332 g/mol. The van der Waals surface area contributed by atoms with Gasteiger partial charge in [-0.05, 0) is 30.2 Å². The van der Waals surface area contributed by atoms with Crippen molar-refractivity contribution in [3.05, 3.63) is 70.7 Å². The number of hydrazone groups is 1. The van der Waals surface area contributed by atoms with E-state index in [4.69, 9.17) is 11.6 Å². The smallest absolute Gasteiger partial charge is 0.250 e. The van der Waals surface area contributed by atoms with Gasteiger partial charge in [-0.25, -0.2) is 5.43 Å². The Morgan fingerprint density at radius 2 is 1.82 bits per heavy atom. The van der Waals surface area contributed by atoms with Crippen LogP contribution in [-0.4, -0.2) is 17.4 Å². The van der Waals surface area contributed by atoms with Crippen LogP contribution in [0.4, 0.5) is 0 Å². The van der Waals surface area contributed by atoms with Gasteiger partial charge in [0.15, 0.2) is 0 Å². The minimum atomic E-state index is -0.103. The molecule has 114 valence electrons. The zero-order valence-electron chi connectivity index (χ0n) is 12.3. The molecule has 0 heterocycles. The molecule has 1 amide bonds. The number of thioether (sulfide) groups is 1. The van der Waals surface area contributed by atoms with Gasteiger partial charge >= 0.3 is 0 Å². The summed E-state index contributed by atoms with van der Waals surface area (Å²) in [6.07, 6.45) is 0. The number of rotatable bonds is 6. The summed E-state index contributed by atoms with van der Waals surface area (Å²) in [4.78, 5) is 11.8. The highest BCUT2D eigenvalue weighted by Gasteiger charge is 2.02. The summed E-state index contributed by atoms with van der Waals surface area (Å²) in [6.45, 7) is 1.87. The van der Waals surface area contributed by atoms with E-state index in [1.807, 2.05) is 61.5 Å². The molecule has 0 aromatic heterocycles. The van der Waals surface area contributed by atoms with Gasteiger partial charge in [0.2, 0.25) is 5.91 Å². The summed E-state index contributed by atoms with van der Waals surface area (Å²) in [5.41, 5.74) is 5.51. The van der Waals surface area contributed by atoms with Crippen LogP contribution < -0.4 is 5.43 Å². The van der Waals surface area contributed by atoms with Crippen LogP contribution >= 0.6 is 23.4 Å². The van der Waals surface area contributed by atoms with Gasteiger partial charge in [0.05, 0.1) is 11.5 Å². The van der Waals surface area contributed by atoms with Crippen LogP contribution in [0.1, 0.15) is 18.1 Å². The fraction of sp³-hybridized carbons (Fsp3) is 0.176. The van der Waals surface area contributed by atoms with Gasteiger partial charge in [-0.2, -0.15) is 5.10 Å². The maximum Gasteiger partial charge on any atom is 0.250 e. The van der Waals surface area contributed by atoms with E-state index in [0.29, 0.717) is 5.75 Å². The molecule has 0 aliphatic heterocycles. The summed E-state index contributed by atoms with van der Waals surface area (Å²) in [5, 5.41) is 4.84. The predicted octanol–water partition coefficient (Wildman–Crippen LogP) is 4.11. The maximum absolute atomic E-state index is 11.8. The van der Waals surface area contributed by atoms with E-state index >= 15 is 0 Å². The van der Waals surface area contributed by atoms with Crippen LogP contribution in [0.5, 0.6) is 0 Å². The highest BCUT2D eigenvalue weighted by molar-refractivity contribution is 7.99. The van der Waals surface area contributed by atoms with Gasteiger partial charge in [-0.3, -0.25) is 4.79 Å². The molecular weight excluding hydrogens is 316 g/mol. The molecule has 0 fully saturated rings. The molecule has 2 aromatic rings. The van der Waals surface area contributed by atoms with Gasteiger partial charge in [0.1, 0.15) is 0 Å². The molecule has 22 heavy (non-hydrogen) atoms. The van der Waals surface area contributed by atoms with Gasteiger partial charge in [0.25, 0.3) is 0 Å². The molecular formula is C17H17ClN2OS. The highest BCUT2D eigenvalue weighted by Crippen LogP contribution is 2.15. The molecule has 1 N–H and O–H groups in total. The van der Waals surface area contributed by atoms with Crippen LogP contribution in [0.2, 0.25) is 5.02 Å². The van der Waals surface area contributed by atoms with Crippen molar-refractivity contribution in [2.75, 3.05) is 5.75 Å². The Morgan fingerprint density at radius 1 is 1.14 bits per heavy atom. The number of benzene rings is 2. The Hall–Kier alpha value is -1.78. The second-order valence-corrected chi connectivity index (χ2v) is 6.14. The van der Waals surface area contributed by atoms with E-state index in [9.17, 15) is 4.79 Å². The summed E-state index contributed by atoms with van der Waals surface area (Å²) in [7, 11) is 0. The molecule has 0 aliphatic rings. The lowest BCUT2D eigenvalue weighted by atomic mass is 10.1. The lowest BCUT2D eigenvalue weighted by Crippen LogP contribution is -2.21. The zero-order chi connectivity index (χ0) is 15.8. The van der Waals surface area contributed by atoms with Gasteiger partial charge in [-0.15, -0.1) is 11.8 Å². The Morgan fingerprint density at radius 3 is 2.50 bits per heavy atom. The Bertz CT molecular complexity index is 641. The van der Waals surface area contributed by atoms with Crippen molar-refractivity contribution in [1.82, 2.24) is 5.43 Å². The summed E-state index contributed by atoms with van der Waals surface area (Å²) < 4.78 is 0. The normalized spacial score (nSPS) is 11.3. The average Bonchev–Trinajstić information content (AvgIpc) is 2.55. The SMILES string of the molecule is C/C(=N\NC(=O)CSCc1ccc(Cl)cc1)c1ccccc1. The molecule has 2 rings (SSSR count). The maximum atomic E-state index is 11.8. The molecule has 0 bridgehead atoms. The third kappa shape index (κ3) is 5.54. The molecule has 0 radical (unpaired) electrons. The van der Waals surface area contributed by atoms with E-state index in [1.165, 1.54) is 0 Å². The van der Waals surface area contributed by atoms with E-state index in [2.05, 4.69) is 10.5 Å². The first kappa shape index (κ1) is 16.6. The van der Waals surface area contributed by atoms with Crippen molar-refractivity contribution in [2.45, 2.75) is 12.7 Å². The number of nitrogens with zero attached hydrogens (tertiary/aromatic N) is 1. The number of hydrogen-bond acceptors (Lipinski definition) is 3. The highest BCUT2D eigenvalue weighted by atomic mass is 35.5. The van der Waals surface area contributed by atoms with Crippen LogP contribution in [0.25, 0.3) is 0 Å². The summed E-state index contributed by atoms with van der Waals surface area (Å²) >= 11 is 7.38. The van der Waals surface area contributed by atoms with E-state index in [1.54, 1.807) is 11.8 Å². The molecule has 5 heteroatoms. The zero-order valence-corrected chi connectivity index (χ0v) is 13.8. The lowest BCUT2D eigenvalue weighted by molar-refractivity contribution is -0.118. The molecule has 0 spiro atoms. The van der Waals surface area contributed by atoms with Gasteiger partial charge in [-0.1, -0.05) is 54.1 Å². The minimum absolute atomic E-state index is 0.103. The Kier molecular flexibility index (Phi) is 6.49. The summed E-state index contributed by atoms with van der Waals surface area (Å²) in [6, 6.07) is 17.4. The topological polar surface area (TPSA) is 41.5 Å². The number of nitrogens with one attached hydrogen (secondary N) is 1. The molecule has 0 aliphatic carbocycles. The third-order valence-corrected chi connectivity index (χ3v) is 4.21. The largest absolute Gasteiger partial charge is 0.272 e. The lowest BCUT2D eigenvalue weighted by Gasteiger charge is -2.03. The fourth-order valence-corrected chi connectivity index (χ4v) is 2.67. The fourth-order valence-electron chi connectivity index (χ4n) is 1.76. The second kappa shape index (κ2) is 8.61. The quantitative estimate of drug-likeness (QED) is 0.638. The number of carbonyl (C=O) groups is 1. The van der Waals surface area contributed by atoms with Crippen molar-refractivity contribution in [3.63, 3.8) is 0 Å². The van der Waals surface area contributed by atoms with Crippen LogP contribution in [0, 0.1) is 0 Å². The number of halogens is 1. The van der Waals surface area contributed by atoms with Crippen molar-refractivity contribution in [3.8, 4) is 0 Å². The van der Waals surface area contributed by atoms with E-state index < -0.39 is 0 Å². The van der Waals surface area contributed by atoms with Crippen molar-refractivity contribution in [2.24, 2.45) is 5.10 Å². The Balaban J connectivity index is 1.75. The Labute approximate surface area is 139 Å². The second-order valence-electron chi connectivity index (χ2n) is 4.72. The van der Waals surface area contributed by atoms with Crippen molar-refractivity contribution >= 4 is 35.0 Å². The van der Waals surface area contributed by atoms with Crippen LogP contribution in [0.3, 0.4) is 0 Å². The van der Waals surface area contributed by atoms with E-state index in [-0.39, 0.29) is 5.91 Å². The number of carbonyl (C=O) groups excluding carboxylic acids is 1. The standard InChI is InChI=1S/C17H17ClN2OS/c1-13(15-5-3-2-4-6-15)19-20-17(21)12-22-11-14-7-9-16(18)10-8-14/h2-10H,11-12H2,1H3,(H,20,21)/b19-13+. The van der Waals surface area contributed by atoms with Crippen LogP contribution in [0.15, 0.2) is 59.7 Å². The predicted molar refractivity (Wildman–Crippen MR) is 94.4 cm³/mol. The van der Waals surface area contributed by atoms with Crippen molar-refractivity contribution in [1.29, 1.82) is 0 Å². The minimum Gasteiger partial charge on any atom is -0.272 e. The summed E-state index contributed by atoms with van der Waals surface area (Å²) in [5.74, 6) is 1.04. The van der Waals surface area contributed by atoms with Crippen LogP contribution in [-0.2, 0) is 10.5 Å². The first-order valence-electron chi connectivity index (χ1n) is 6.86. The van der Waals surface area contributed by atoms with Crippen molar-refractivity contribution < 1.29 is 4.79 Å². The number of hydrogen-bond donors (Lipinski definition) is 1. The van der Waals surface area contributed by atoms with Gasteiger partial charge in [0, 0.05) is 10.8 Å². The first-order chi connectivity index (χ1) is 10.6. The number of amides is 1. The van der Waals surface area contributed by atoms with Gasteiger partial charge < -0.3 is 0 Å². The molecule has 2 aromatic carbocycles. The average molecular weight is 333 g/mol. The molecule has 0 atom stereocenters. The molecule has 0 saturated heterocycles.